The molecular formula is C29H34ClF3N6O3. The number of piperidine rings is 1. The van der Waals surface area contributed by atoms with Crippen molar-refractivity contribution in [1.82, 2.24) is 20.9 Å². The molecule has 0 spiro atoms. The normalized spacial score (nSPS) is 17.3. The van der Waals surface area contributed by atoms with Crippen molar-refractivity contribution < 1.29 is 27.8 Å². The number of carbonyl (C=O) groups is 1. The number of rotatable bonds is 9. The van der Waals surface area contributed by atoms with Gasteiger partial charge in [-0.1, -0.05) is 17.7 Å². The van der Waals surface area contributed by atoms with Crippen LogP contribution in [0.25, 0.3) is 0 Å². The zero-order valence-corrected chi connectivity index (χ0v) is 23.9. The first kappa shape index (κ1) is 31.2. The van der Waals surface area contributed by atoms with Gasteiger partial charge in [-0.15, -0.1) is 0 Å². The fourth-order valence-electron chi connectivity index (χ4n) is 4.63. The molecule has 0 atom stereocenters. The lowest BCUT2D eigenvalue weighted by molar-refractivity contribution is -0.137. The molecule has 0 radical (unpaired) electrons. The number of amides is 1. The minimum absolute atomic E-state index is 0.0125. The molecule has 2 aliphatic rings. The van der Waals surface area contributed by atoms with Crippen molar-refractivity contribution in [2.45, 2.75) is 31.5 Å². The number of amidine groups is 1. The number of nitrogens with two attached hydrogens (primary N) is 1. The Hall–Kier alpha value is -3.74. The van der Waals surface area contributed by atoms with Crippen LogP contribution < -0.4 is 26.4 Å². The first-order valence-corrected chi connectivity index (χ1v) is 14.0. The van der Waals surface area contributed by atoms with Crippen molar-refractivity contribution in [2.75, 3.05) is 39.8 Å². The second kappa shape index (κ2) is 14.0. The summed E-state index contributed by atoms with van der Waals surface area (Å²) in [6.45, 7) is 3.29. The molecule has 1 fully saturated rings. The third-order valence-corrected chi connectivity index (χ3v) is 7.22. The molecular weight excluding hydrogens is 573 g/mol. The quantitative estimate of drug-likeness (QED) is 0.215. The highest BCUT2D eigenvalue weighted by atomic mass is 35.5. The van der Waals surface area contributed by atoms with E-state index in [2.05, 4.69) is 25.8 Å². The molecule has 13 heteroatoms. The molecule has 2 aromatic carbocycles. The third-order valence-electron chi connectivity index (χ3n) is 6.93. The molecule has 0 aliphatic carbocycles. The second-order valence-corrected chi connectivity index (χ2v) is 10.4. The van der Waals surface area contributed by atoms with Gasteiger partial charge in [0.15, 0.2) is 0 Å². The summed E-state index contributed by atoms with van der Waals surface area (Å²) >= 11 is 6.36. The van der Waals surface area contributed by atoms with Crippen LogP contribution >= 0.6 is 11.6 Å². The summed E-state index contributed by atoms with van der Waals surface area (Å²) in [4.78, 5) is 19.7. The number of benzene rings is 2. The lowest BCUT2D eigenvalue weighted by Crippen LogP contribution is -2.41. The van der Waals surface area contributed by atoms with E-state index < -0.39 is 11.7 Å². The van der Waals surface area contributed by atoms with Crippen molar-refractivity contribution in [3.05, 3.63) is 76.1 Å². The van der Waals surface area contributed by atoms with Gasteiger partial charge >= 0.3 is 6.18 Å². The molecule has 9 nitrogen and oxygen atoms in total. The summed E-state index contributed by atoms with van der Waals surface area (Å²) in [5.41, 5.74) is 6.96. The van der Waals surface area contributed by atoms with Gasteiger partial charge in [0.1, 0.15) is 23.2 Å². The molecule has 0 bridgehead atoms. The van der Waals surface area contributed by atoms with Gasteiger partial charge in [0.2, 0.25) is 5.91 Å². The second-order valence-electron chi connectivity index (χ2n) is 9.95. The lowest BCUT2D eigenvalue weighted by atomic mass is 10.1. The summed E-state index contributed by atoms with van der Waals surface area (Å²) in [6.07, 6.45) is -1.10. The van der Waals surface area contributed by atoms with Crippen molar-refractivity contribution >= 4 is 29.0 Å². The first-order valence-electron chi connectivity index (χ1n) is 13.6. The van der Waals surface area contributed by atoms with Crippen LogP contribution in [-0.2, 0) is 11.0 Å². The number of hydrogen-bond acceptors (Lipinski definition) is 7. The topological polar surface area (TPSA) is 124 Å². The van der Waals surface area contributed by atoms with Crippen molar-refractivity contribution in [3.63, 3.8) is 0 Å². The van der Waals surface area contributed by atoms with E-state index in [1.165, 1.54) is 24.3 Å². The van der Waals surface area contributed by atoms with Gasteiger partial charge in [0.25, 0.3) is 0 Å². The number of aliphatic hydroxyl groups excluding tert-OH is 1. The Bertz CT molecular complexity index is 1370. The van der Waals surface area contributed by atoms with Crippen LogP contribution in [0.1, 0.15) is 24.8 Å². The van der Waals surface area contributed by atoms with Crippen LogP contribution in [0, 0.1) is 0 Å². The maximum absolute atomic E-state index is 13.0. The maximum Gasteiger partial charge on any atom is 0.416 e. The predicted molar refractivity (Wildman–Crippen MR) is 156 cm³/mol. The number of halogens is 4. The first-order chi connectivity index (χ1) is 20.0. The third kappa shape index (κ3) is 8.40. The van der Waals surface area contributed by atoms with E-state index in [-0.39, 0.29) is 34.4 Å². The minimum atomic E-state index is -4.50. The number of aliphatic imine (C=N–C) groups is 1. The Morgan fingerprint density at radius 3 is 2.69 bits per heavy atom. The molecule has 1 saturated heterocycles. The Labute approximate surface area is 247 Å². The molecule has 42 heavy (non-hydrogen) atoms. The molecule has 1 amide bonds. The summed E-state index contributed by atoms with van der Waals surface area (Å²) < 4.78 is 44.7. The molecule has 0 saturated carbocycles. The smallest absolute Gasteiger partial charge is 0.416 e. The zero-order valence-electron chi connectivity index (χ0n) is 23.1. The van der Waals surface area contributed by atoms with Crippen molar-refractivity contribution in [1.29, 1.82) is 0 Å². The average Bonchev–Trinajstić information content (AvgIpc) is 3.18. The van der Waals surface area contributed by atoms with Crippen molar-refractivity contribution in [3.8, 4) is 11.5 Å². The van der Waals surface area contributed by atoms with Gasteiger partial charge in [-0.05, 0) is 61.7 Å². The van der Waals surface area contributed by atoms with Crippen LogP contribution in [0.2, 0.25) is 5.02 Å². The van der Waals surface area contributed by atoms with Gasteiger partial charge in [-0.25, -0.2) is 4.99 Å². The van der Waals surface area contributed by atoms with E-state index in [0.717, 1.165) is 38.1 Å². The van der Waals surface area contributed by atoms with E-state index in [1.54, 1.807) is 19.2 Å². The highest BCUT2D eigenvalue weighted by molar-refractivity contribution is 6.32. The average molecular weight is 607 g/mol. The monoisotopic (exact) mass is 606 g/mol. The zero-order chi connectivity index (χ0) is 30.3. The fraction of sp³-hybridized carbons (Fsp3) is 0.379. The summed E-state index contributed by atoms with van der Waals surface area (Å²) in [5.74, 6) is 0.659. The Morgan fingerprint density at radius 1 is 1.24 bits per heavy atom. The Kier molecular flexibility index (Phi) is 10.4. The number of alkyl halides is 3. The van der Waals surface area contributed by atoms with E-state index >= 15 is 0 Å². The van der Waals surface area contributed by atoms with E-state index in [1.807, 2.05) is 0 Å². The van der Waals surface area contributed by atoms with E-state index in [4.69, 9.17) is 22.1 Å². The molecule has 2 aromatic rings. The highest BCUT2D eigenvalue weighted by Crippen LogP contribution is 2.36. The standard InChI is InChI=1S/C29H34ClF3N6O3/c1-35-27-23(15-18(7-10-36-27)28(41)37-11-14-39-12-8-21(40)9-13-39)26(34)38-20-5-6-25(24(30)17-20)42-22-4-2-3-19(16-22)29(31,32)33/h2-6,15-17,21,35-36,40H,7-14H2,1H3,(H2,34,38)(H,37,41). The van der Waals surface area contributed by atoms with Gasteiger partial charge in [0.05, 0.1) is 28.0 Å². The number of nitrogens with one attached hydrogen (secondary N) is 3. The molecule has 0 unspecified atom stereocenters. The van der Waals surface area contributed by atoms with Gasteiger partial charge in [-0.3, -0.25) is 4.79 Å². The van der Waals surface area contributed by atoms with Crippen LogP contribution in [-0.4, -0.2) is 67.6 Å². The predicted octanol–water partition coefficient (Wildman–Crippen LogP) is 4.06. The Morgan fingerprint density at radius 2 is 2.00 bits per heavy atom. The highest BCUT2D eigenvalue weighted by Gasteiger charge is 2.30. The number of hydrogen-bond donors (Lipinski definition) is 5. The molecule has 0 aromatic heterocycles. The van der Waals surface area contributed by atoms with Crippen molar-refractivity contribution in [2.24, 2.45) is 10.7 Å². The summed E-state index contributed by atoms with van der Waals surface area (Å²) in [7, 11) is 1.72. The van der Waals surface area contributed by atoms with Gasteiger partial charge < -0.3 is 36.4 Å². The minimum Gasteiger partial charge on any atom is -0.456 e. The SMILES string of the molecule is CNC1=C(C(N)=Nc2ccc(Oc3cccc(C(F)(F)F)c3)c(Cl)c2)C=C(C(=O)NCCN2CCC(O)CC2)CCN1. The van der Waals surface area contributed by atoms with Crippen LogP contribution in [0.3, 0.4) is 0 Å². The van der Waals surface area contributed by atoms with Crippen LogP contribution in [0.15, 0.2) is 70.5 Å². The largest absolute Gasteiger partial charge is 0.456 e. The van der Waals surface area contributed by atoms with E-state index in [9.17, 15) is 23.1 Å². The van der Waals surface area contributed by atoms with Gasteiger partial charge in [0, 0.05) is 45.3 Å². The summed E-state index contributed by atoms with van der Waals surface area (Å²) in [6, 6.07) is 9.05. The van der Waals surface area contributed by atoms with Gasteiger partial charge in [-0.2, -0.15) is 13.2 Å². The number of ether oxygens (including phenoxy) is 1. The molecule has 6 N–H and O–H groups in total. The Balaban J connectivity index is 1.46. The number of carbonyl (C=O) groups excluding carboxylic acids is 1. The lowest BCUT2D eigenvalue weighted by Gasteiger charge is -2.29. The number of nitrogens with zero attached hydrogens (tertiary/aromatic N) is 2. The maximum atomic E-state index is 13.0. The number of aliphatic hydroxyl groups is 1. The molecule has 2 heterocycles. The number of likely N-dealkylation sites (tertiary alicyclic amines) is 1. The van der Waals surface area contributed by atoms with Crippen LogP contribution in [0.4, 0.5) is 18.9 Å². The van der Waals surface area contributed by atoms with E-state index in [0.29, 0.717) is 48.7 Å². The summed E-state index contributed by atoms with van der Waals surface area (Å²) in [5, 5.41) is 19.0. The fourth-order valence-corrected chi connectivity index (χ4v) is 4.84. The van der Waals surface area contributed by atoms with Crippen LogP contribution in [0.5, 0.6) is 11.5 Å². The molecule has 226 valence electrons. The molecule has 4 rings (SSSR count). The molecule has 2 aliphatic heterocycles.